The molecule has 0 aliphatic carbocycles. The molecule has 1 heterocycles. The number of aliphatic carboxylic acids is 1. The first-order valence-electron chi connectivity index (χ1n) is 6.13. The third-order valence-electron chi connectivity index (χ3n) is 3.21. The van der Waals surface area contributed by atoms with Crippen LogP contribution in [0.4, 0.5) is 0 Å². The van der Waals surface area contributed by atoms with Crippen molar-refractivity contribution < 1.29 is 9.90 Å². The van der Waals surface area contributed by atoms with Crippen LogP contribution < -0.4 is 0 Å². The zero-order valence-corrected chi connectivity index (χ0v) is 12.9. The van der Waals surface area contributed by atoms with Gasteiger partial charge in [0.2, 0.25) is 0 Å². The summed E-state index contributed by atoms with van der Waals surface area (Å²) in [5.74, 6) is -0.821. The maximum Gasteiger partial charge on any atom is 0.318 e. The Morgan fingerprint density at radius 1 is 1.40 bits per heavy atom. The number of hydrogen-bond donors (Lipinski definition) is 1. The molecule has 0 saturated carbocycles. The highest BCUT2D eigenvalue weighted by molar-refractivity contribution is 8.03. The smallest absolute Gasteiger partial charge is 0.318 e. The van der Waals surface area contributed by atoms with Gasteiger partial charge in [0.15, 0.2) is 0 Å². The molecule has 0 radical (unpaired) electrons. The molecule has 3 nitrogen and oxygen atoms in total. The Morgan fingerprint density at radius 3 is 2.60 bits per heavy atom. The van der Waals surface area contributed by atoms with Crippen molar-refractivity contribution in [2.45, 2.75) is 10.7 Å². The number of hydrogen-bond acceptors (Lipinski definition) is 3. The molecule has 2 atom stereocenters. The van der Waals surface area contributed by atoms with E-state index in [-0.39, 0.29) is 0 Å². The summed E-state index contributed by atoms with van der Waals surface area (Å²) < 4.78 is 0. The number of benzene rings is 1. The lowest BCUT2D eigenvalue weighted by Gasteiger charge is -2.29. The summed E-state index contributed by atoms with van der Waals surface area (Å²) >= 11 is 7.25. The number of carboxylic acid groups (broad SMARTS) is 1. The zero-order valence-electron chi connectivity index (χ0n) is 11.3. The Morgan fingerprint density at radius 2 is 2.05 bits per heavy atom. The molecule has 1 aromatic carbocycles. The normalized spacial score (nSPS) is 25.2. The second-order valence-electron chi connectivity index (χ2n) is 4.88. The van der Waals surface area contributed by atoms with Crippen molar-refractivity contribution in [3.63, 3.8) is 0 Å². The van der Waals surface area contributed by atoms with Crippen LogP contribution in [0.3, 0.4) is 0 Å². The van der Waals surface area contributed by atoms with Gasteiger partial charge in [0.1, 0.15) is 5.25 Å². The molecule has 106 valence electrons. The summed E-state index contributed by atoms with van der Waals surface area (Å²) in [4.78, 5) is 13.5. The van der Waals surface area contributed by atoms with Crippen molar-refractivity contribution in [2.75, 3.05) is 14.1 Å². The van der Waals surface area contributed by atoms with Gasteiger partial charge in [-0.3, -0.25) is 4.79 Å². The molecule has 0 bridgehead atoms. The van der Waals surface area contributed by atoms with Gasteiger partial charge in [-0.15, -0.1) is 11.8 Å². The molecule has 0 aromatic heterocycles. The first-order valence-corrected chi connectivity index (χ1v) is 7.45. The molecule has 1 aliphatic heterocycles. The van der Waals surface area contributed by atoms with Gasteiger partial charge < -0.3 is 10.0 Å². The van der Waals surface area contributed by atoms with Crippen molar-refractivity contribution in [3.8, 4) is 0 Å². The molecule has 1 aliphatic rings. The highest BCUT2D eigenvalue weighted by Gasteiger charge is 2.44. The van der Waals surface area contributed by atoms with E-state index >= 15 is 0 Å². The third-order valence-corrected chi connectivity index (χ3v) is 4.62. The standard InChI is InChI=1S/C15H16ClNO2S/c1-17(2)9-7-15(8-10-20-13(15)14(18)19)11-3-5-12(16)6-4-11/h3-10,13H,1-2H3,(H,18,19)/b9-7+. The quantitative estimate of drug-likeness (QED) is 0.926. The number of halogens is 1. The highest BCUT2D eigenvalue weighted by atomic mass is 35.5. The van der Waals surface area contributed by atoms with E-state index in [1.54, 1.807) is 12.1 Å². The van der Waals surface area contributed by atoms with E-state index in [2.05, 4.69) is 0 Å². The molecular formula is C15H16ClNO2S. The van der Waals surface area contributed by atoms with E-state index in [1.165, 1.54) is 11.8 Å². The SMILES string of the molecule is CN(C)/C=C/C1(c2ccc(Cl)cc2)C=CSC1C(=O)O. The van der Waals surface area contributed by atoms with Gasteiger partial charge in [-0.2, -0.15) is 0 Å². The van der Waals surface area contributed by atoms with Gasteiger partial charge in [0.25, 0.3) is 0 Å². The molecule has 1 N–H and O–H groups in total. The van der Waals surface area contributed by atoms with Crippen LogP contribution >= 0.6 is 23.4 Å². The summed E-state index contributed by atoms with van der Waals surface area (Å²) in [7, 11) is 3.82. The molecule has 2 rings (SSSR count). The fourth-order valence-corrected chi connectivity index (χ4v) is 3.41. The van der Waals surface area contributed by atoms with E-state index < -0.39 is 16.6 Å². The Balaban J connectivity index is 2.51. The number of allylic oxidation sites excluding steroid dienone is 2. The number of nitrogens with zero attached hydrogens (tertiary/aromatic N) is 1. The second-order valence-corrected chi connectivity index (χ2v) is 6.33. The number of carboxylic acids is 1. The Labute approximate surface area is 127 Å². The van der Waals surface area contributed by atoms with Crippen LogP contribution in [0.15, 0.2) is 48.0 Å². The maximum atomic E-state index is 11.6. The van der Waals surface area contributed by atoms with Crippen LogP contribution in [0.2, 0.25) is 5.02 Å². The average Bonchev–Trinajstić information content (AvgIpc) is 2.82. The number of carbonyl (C=O) groups is 1. The van der Waals surface area contributed by atoms with Crippen molar-refractivity contribution >= 4 is 29.3 Å². The van der Waals surface area contributed by atoms with Crippen LogP contribution in [-0.2, 0) is 10.2 Å². The Kier molecular flexibility index (Phi) is 4.45. The van der Waals surface area contributed by atoms with Gasteiger partial charge in [0, 0.05) is 19.1 Å². The molecule has 2 unspecified atom stereocenters. The topological polar surface area (TPSA) is 40.5 Å². The minimum absolute atomic E-state index is 0.570. The highest BCUT2D eigenvalue weighted by Crippen LogP contribution is 2.44. The van der Waals surface area contributed by atoms with E-state index in [0.717, 1.165) is 5.56 Å². The Hall–Kier alpha value is -1.39. The van der Waals surface area contributed by atoms with E-state index in [1.807, 2.05) is 54.9 Å². The van der Waals surface area contributed by atoms with Gasteiger partial charge in [0.05, 0.1) is 5.41 Å². The first kappa shape index (κ1) is 15.0. The van der Waals surface area contributed by atoms with Gasteiger partial charge >= 0.3 is 5.97 Å². The zero-order chi connectivity index (χ0) is 14.8. The van der Waals surface area contributed by atoms with E-state index in [9.17, 15) is 9.90 Å². The fraction of sp³-hybridized carbons (Fsp3) is 0.267. The summed E-state index contributed by atoms with van der Waals surface area (Å²) in [6.45, 7) is 0. The fourth-order valence-electron chi connectivity index (χ4n) is 2.19. The van der Waals surface area contributed by atoms with Gasteiger partial charge in [-0.25, -0.2) is 0 Å². The summed E-state index contributed by atoms with van der Waals surface area (Å²) in [6, 6.07) is 7.35. The van der Waals surface area contributed by atoms with Crippen molar-refractivity contribution in [2.24, 2.45) is 0 Å². The lowest BCUT2D eigenvalue weighted by atomic mass is 9.77. The van der Waals surface area contributed by atoms with E-state index in [0.29, 0.717) is 5.02 Å². The van der Waals surface area contributed by atoms with Crippen LogP contribution in [0.5, 0.6) is 0 Å². The van der Waals surface area contributed by atoms with Crippen molar-refractivity contribution in [3.05, 3.63) is 58.6 Å². The molecule has 1 aromatic rings. The van der Waals surface area contributed by atoms with Crippen molar-refractivity contribution in [1.29, 1.82) is 0 Å². The first-order chi connectivity index (χ1) is 9.45. The molecule has 0 fully saturated rings. The average molecular weight is 310 g/mol. The van der Waals surface area contributed by atoms with Gasteiger partial charge in [-0.1, -0.05) is 35.9 Å². The third kappa shape index (κ3) is 2.86. The maximum absolute atomic E-state index is 11.6. The van der Waals surface area contributed by atoms with Gasteiger partial charge in [-0.05, 0) is 29.3 Å². The molecule has 0 saturated heterocycles. The molecular weight excluding hydrogens is 294 g/mol. The monoisotopic (exact) mass is 309 g/mol. The van der Waals surface area contributed by atoms with Crippen LogP contribution in [-0.4, -0.2) is 35.3 Å². The Bertz CT molecular complexity index is 553. The molecule has 5 heteroatoms. The van der Waals surface area contributed by atoms with E-state index in [4.69, 9.17) is 11.6 Å². The largest absolute Gasteiger partial charge is 0.480 e. The van der Waals surface area contributed by atoms with Crippen LogP contribution in [0, 0.1) is 0 Å². The summed E-state index contributed by atoms with van der Waals surface area (Å²) in [5.41, 5.74) is 0.277. The predicted octanol–water partition coefficient (Wildman–Crippen LogP) is 3.37. The molecule has 20 heavy (non-hydrogen) atoms. The number of rotatable bonds is 4. The second kappa shape index (κ2) is 5.94. The predicted molar refractivity (Wildman–Crippen MR) is 84.1 cm³/mol. The molecule has 0 spiro atoms. The minimum atomic E-state index is -0.821. The summed E-state index contributed by atoms with van der Waals surface area (Å²) in [6.07, 6.45) is 5.77. The van der Waals surface area contributed by atoms with Crippen LogP contribution in [0.1, 0.15) is 5.56 Å². The van der Waals surface area contributed by atoms with Crippen LogP contribution in [0.25, 0.3) is 0 Å². The number of thioether (sulfide) groups is 1. The van der Waals surface area contributed by atoms with Crippen molar-refractivity contribution in [1.82, 2.24) is 4.90 Å². The molecule has 0 amide bonds. The minimum Gasteiger partial charge on any atom is -0.480 e. The lowest BCUT2D eigenvalue weighted by molar-refractivity contribution is -0.137. The summed E-state index contributed by atoms with van der Waals surface area (Å²) in [5, 5.41) is 11.4. The lowest BCUT2D eigenvalue weighted by Crippen LogP contribution is -2.37.